The Morgan fingerprint density at radius 3 is 2.61 bits per heavy atom. The van der Waals surface area contributed by atoms with Gasteiger partial charge in [-0.05, 0) is 43.7 Å². The molecule has 1 fully saturated rings. The lowest BCUT2D eigenvalue weighted by Crippen LogP contribution is -2.43. The third-order valence-corrected chi connectivity index (χ3v) is 6.67. The average Bonchev–Trinajstić information content (AvgIpc) is 2.79. The van der Waals surface area contributed by atoms with Crippen molar-refractivity contribution in [2.24, 2.45) is 0 Å². The molecular weight excluding hydrogens is 416 g/mol. The highest BCUT2D eigenvalue weighted by atomic mass is 32.2. The second-order valence-corrected chi connectivity index (χ2v) is 9.22. The summed E-state index contributed by atoms with van der Waals surface area (Å²) in [6, 6.07) is 11.5. The Kier molecular flexibility index (Phi) is 7.40. The minimum atomic E-state index is -3.88. The molecule has 8 nitrogen and oxygen atoms in total. The number of anilines is 2. The molecule has 2 aromatic carbocycles. The average molecular weight is 447 g/mol. The number of hydrogen-bond donors (Lipinski definition) is 3. The summed E-state index contributed by atoms with van der Waals surface area (Å²) < 4.78 is 34.1. The minimum Gasteiger partial charge on any atom is -0.497 e. The number of nitrogens with one attached hydrogen (secondary N) is 3. The van der Waals surface area contributed by atoms with Gasteiger partial charge in [0, 0.05) is 43.9 Å². The lowest BCUT2D eigenvalue weighted by atomic mass is 10.1. The number of ether oxygens (including phenoxy) is 1. The first-order chi connectivity index (χ1) is 14.8. The molecule has 0 aromatic heterocycles. The van der Waals surface area contributed by atoms with Gasteiger partial charge in [-0.2, -0.15) is 0 Å². The number of piperazine rings is 1. The van der Waals surface area contributed by atoms with Gasteiger partial charge in [-0.1, -0.05) is 13.0 Å². The molecule has 0 aliphatic carbocycles. The van der Waals surface area contributed by atoms with Crippen molar-refractivity contribution >= 4 is 27.3 Å². The summed E-state index contributed by atoms with van der Waals surface area (Å²) >= 11 is 0. The van der Waals surface area contributed by atoms with Crippen LogP contribution in [0.25, 0.3) is 0 Å². The van der Waals surface area contributed by atoms with Crippen LogP contribution in [0.5, 0.6) is 5.75 Å². The molecule has 0 bridgehead atoms. The maximum atomic E-state index is 13.1. The number of benzene rings is 2. The van der Waals surface area contributed by atoms with Crippen LogP contribution in [-0.4, -0.2) is 53.7 Å². The minimum absolute atomic E-state index is 0.0253. The molecule has 3 rings (SSSR count). The van der Waals surface area contributed by atoms with Gasteiger partial charge in [0.2, 0.25) is 0 Å². The molecular formula is C22H30N4O4S. The van der Waals surface area contributed by atoms with Crippen molar-refractivity contribution in [3.63, 3.8) is 0 Å². The molecule has 1 atom stereocenters. The van der Waals surface area contributed by atoms with Gasteiger partial charge in [-0.15, -0.1) is 0 Å². The van der Waals surface area contributed by atoms with Gasteiger partial charge in [-0.25, -0.2) is 8.42 Å². The molecule has 1 aliphatic heterocycles. The predicted molar refractivity (Wildman–Crippen MR) is 123 cm³/mol. The van der Waals surface area contributed by atoms with Crippen LogP contribution < -0.4 is 25.0 Å². The topological polar surface area (TPSA) is 99.8 Å². The van der Waals surface area contributed by atoms with Gasteiger partial charge in [-0.3, -0.25) is 9.52 Å². The van der Waals surface area contributed by atoms with E-state index in [9.17, 15) is 13.2 Å². The fraction of sp³-hybridized carbons (Fsp3) is 0.409. The first kappa shape index (κ1) is 22.9. The van der Waals surface area contributed by atoms with Crippen molar-refractivity contribution in [1.82, 2.24) is 10.6 Å². The van der Waals surface area contributed by atoms with Crippen LogP contribution in [0.15, 0.2) is 47.4 Å². The molecule has 9 heteroatoms. The van der Waals surface area contributed by atoms with E-state index < -0.39 is 10.0 Å². The van der Waals surface area contributed by atoms with Gasteiger partial charge >= 0.3 is 0 Å². The van der Waals surface area contributed by atoms with E-state index in [2.05, 4.69) is 20.3 Å². The second kappa shape index (κ2) is 10.0. The zero-order valence-corrected chi connectivity index (χ0v) is 19.0. The molecule has 0 unspecified atom stereocenters. The number of amides is 1. The van der Waals surface area contributed by atoms with Crippen LogP contribution in [0.2, 0.25) is 0 Å². The van der Waals surface area contributed by atoms with E-state index in [1.807, 2.05) is 13.8 Å². The van der Waals surface area contributed by atoms with E-state index in [0.29, 0.717) is 17.0 Å². The number of rotatable bonds is 8. The molecule has 31 heavy (non-hydrogen) atoms. The first-order valence-electron chi connectivity index (χ1n) is 10.4. The summed E-state index contributed by atoms with van der Waals surface area (Å²) in [5.41, 5.74) is 1.53. The lowest BCUT2D eigenvalue weighted by Gasteiger charge is -2.31. The molecule has 1 aliphatic rings. The summed E-state index contributed by atoms with van der Waals surface area (Å²) in [5.74, 6) is 0.218. The van der Waals surface area contributed by atoms with Crippen molar-refractivity contribution in [1.29, 1.82) is 0 Å². The van der Waals surface area contributed by atoms with Crippen molar-refractivity contribution in [3.8, 4) is 5.75 Å². The normalized spacial score (nSPS) is 15.3. The second-order valence-electron chi connectivity index (χ2n) is 7.54. The van der Waals surface area contributed by atoms with E-state index in [1.54, 1.807) is 30.3 Å². The maximum absolute atomic E-state index is 13.1. The molecule has 0 saturated carbocycles. The smallest absolute Gasteiger partial charge is 0.262 e. The standard InChI is InChI=1S/C22H30N4O4S/c1-4-16(2)24-22(27)17-8-9-21(26-12-10-23-11-13-26)20(14-17)25-31(28,29)19-7-5-6-18(15-19)30-3/h5-9,14-16,23,25H,4,10-13H2,1-3H3,(H,24,27)/t16-/m0/s1. The van der Waals surface area contributed by atoms with E-state index in [-0.39, 0.29) is 16.8 Å². The van der Waals surface area contributed by atoms with E-state index >= 15 is 0 Å². The quantitative estimate of drug-likeness (QED) is 0.576. The number of nitrogens with zero attached hydrogens (tertiary/aromatic N) is 1. The predicted octanol–water partition coefficient (Wildman–Crippen LogP) is 2.43. The fourth-order valence-electron chi connectivity index (χ4n) is 3.32. The molecule has 168 valence electrons. The Morgan fingerprint density at radius 1 is 1.19 bits per heavy atom. The van der Waals surface area contributed by atoms with Gasteiger partial charge in [0.05, 0.1) is 23.4 Å². The molecule has 1 amide bonds. The van der Waals surface area contributed by atoms with Crippen LogP contribution in [0.1, 0.15) is 30.6 Å². The molecule has 1 heterocycles. The van der Waals surface area contributed by atoms with Gasteiger partial charge in [0.1, 0.15) is 5.75 Å². The van der Waals surface area contributed by atoms with E-state index in [1.165, 1.54) is 19.2 Å². The SMILES string of the molecule is CC[C@H](C)NC(=O)c1ccc(N2CCNCC2)c(NS(=O)(=O)c2cccc(OC)c2)c1. The Bertz CT molecular complexity index is 1020. The summed E-state index contributed by atoms with van der Waals surface area (Å²) in [5, 5.41) is 6.22. The zero-order valence-electron chi connectivity index (χ0n) is 18.1. The van der Waals surface area contributed by atoms with Gasteiger partial charge in [0.15, 0.2) is 0 Å². The van der Waals surface area contributed by atoms with Crippen molar-refractivity contribution < 1.29 is 17.9 Å². The van der Waals surface area contributed by atoms with Crippen LogP contribution in [-0.2, 0) is 10.0 Å². The summed E-state index contributed by atoms with van der Waals surface area (Å²) in [7, 11) is -2.39. The number of methoxy groups -OCH3 is 1. The highest BCUT2D eigenvalue weighted by Gasteiger charge is 2.22. The lowest BCUT2D eigenvalue weighted by molar-refractivity contribution is 0.0939. The van der Waals surface area contributed by atoms with Crippen LogP contribution in [0.4, 0.5) is 11.4 Å². The molecule has 2 aromatic rings. The van der Waals surface area contributed by atoms with Crippen LogP contribution in [0, 0.1) is 0 Å². The Morgan fingerprint density at radius 2 is 1.94 bits per heavy atom. The summed E-state index contributed by atoms with van der Waals surface area (Å²) in [4.78, 5) is 14.8. The monoisotopic (exact) mass is 446 g/mol. The largest absolute Gasteiger partial charge is 0.497 e. The van der Waals surface area contributed by atoms with Crippen LogP contribution in [0.3, 0.4) is 0 Å². The third-order valence-electron chi connectivity index (χ3n) is 5.30. The fourth-order valence-corrected chi connectivity index (χ4v) is 4.42. The van der Waals surface area contributed by atoms with Gasteiger partial charge in [0.25, 0.3) is 15.9 Å². The maximum Gasteiger partial charge on any atom is 0.262 e. The van der Waals surface area contributed by atoms with Crippen molar-refractivity contribution in [3.05, 3.63) is 48.0 Å². The molecule has 0 spiro atoms. The van der Waals surface area contributed by atoms with Crippen molar-refractivity contribution in [2.45, 2.75) is 31.2 Å². The Balaban J connectivity index is 1.97. The third kappa shape index (κ3) is 5.68. The highest BCUT2D eigenvalue weighted by molar-refractivity contribution is 7.92. The highest BCUT2D eigenvalue weighted by Crippen LogP contribution is 2.30. The molecule has 1 saturated heterocycles. The number of sulfonamides is 1. The number of carbonyl (C=O) groups is 1. The van der Waals surface area contributed by atoms with Crippen LogP contribution >= 0.6 is 0 Å². The number of hydrogen-bond acceptors (Lipinski definition) is 6. The summed E-state index contributed by atoms with van der Waals surface area (Å²) in [6.45, 7) is 7.01. The van der Waals surface area contributed by atoms with Gasteiger partial charge < -0.3 is 20.3 Å². The van der Waals surface area contributed by atoms with E-state index in [0.717, 1.165) is 38.3 Å². The summed E-state index contributed by atoms with van der Waals surface area (Å²) in [6.07, 6.45) is 0.805. The Labute approximate surface area is 184 Å². The molecule has 3 N–H and O–H groups in total. The Hall–Kier alpha value is -2.78. The van der Waals surface area contributed by atoms with Crippen molar-refractivity contribution in [2.75, 3.05) is 42.9 Å². The first-order valence-corrected chi connectivity index (χ1v) is 11.9. The number of carbonyl (C=O) groups excluding carboxylic acids is 1. The molecule has 0 radical (unpaired) electrons. The van der Waals surface area contributed by atoms with E-state index in [4.69, 9.17) is 4.74 Å². The zero-order chi connectivity index (χ0) is 22.4.